The average Bonchev–Trinajstić information content (AvgIpc) is 2.32. The number of nitrogens with one attached hydrogen (secondary N) is 1. The molecule has 0 aliphatic heterocycles. The van der Waals surface area contributed by atoms with Gasteiger partial charge in [-0.3, -0.25) is 0 Å². The molecule has 0 aliphatic rings. The number of hydrogen-bond donors (Lipinski definition) is 1. The maximum atomic E-state index is 13.3. The zero-order valence-corrected chi connectivity index (χ0v) is 10.4. The van der Waals surface area contributed by atoms with E-state index in [-0.39, 0.29) is 18.5 Å². The first-order valence-corrected chi connectivity index (χ1v) is 5.81. The molecule has 0 saturated carbocycles. The minimum absolute atomic E-state index is 0.150. The first-order chi connectivity index (χ1) is 8.27. The number of hydrogen-bond acceptors (Lipinski definition) is 3. The molecule has 1 aromatic carbocycles. The van der Waals surface area contributed by atoms with E-state index in [9.17, 15) is 4.39 Å². The molecule has 0 bridgehead atoms. The van der Waals surface area contributed by atoms with Crippen molar-refractivity contribution in [3.8, 4) is 0 Å². The summed E-state index contributed by atoms with van der Waals surface area (Å²) in [6, 6.07) is 6.80. The molecule has 0 radical (unpaired) electrons. The molecule has 1 rings (SSSR count). The van der Waals surface area contributed by atoms with Gasteiger partial charge in [-0.2, -0.15) is 0 Å². The SMILES string of the molecule is CCNC(COC)COCc1ccccc1F. The summed E-state index contributed by atoms with van der Waals surface area (Å²) in [5, 5.41) is 3.24. The van der Waals surface area contributed by atoms with Gasteiger partial charge < -0.3 is 14.8 Å². The highest BCUT2D eigenvalue weighted by Gasteiger charge is 2.07. The average molecular weight is 241 g/mol. The summed E-state index contributed by atoms with van der Waals surface area (Å²) in [6.07, 6.45) is 0. The van der Waals surface area contributed by atoms with Crippen LogP contribution in [0.15, 0.2) is 24.3 Å². The second-order valence-electron chi connectivity index (χ2n) is 3.82. The third-order valence-electron chi connectivity index (χ3n) is 2.40. The lowest BCUT2D eigenvalue weighted by molar-refractivity contribution is 0.0650. The van der Waals surface area contributed by atoms with Crippen LogP contribution >= 0.6 is 0 Å². The van der Waals surface area contributed by atoms with Gasteiger partial charge in [0.15, 0.2) is 0 Å². The van der Waals surface area contributed by atoms with Gasteiger partial charge in [-0.25, -0.2) is 4.39 Å². The minimum Gasteiger partial charge on any atom is -0.383 e. The molecule has 3 nitrogen and oxygen atoms in total. The summed E-state index contributed by atoms with van der Waals surface area (Å²) in [7, 11) is 1.65. The third kappa shape index (κ3) is 5.26. The second kappa shape index (κ2) is 8.17. The second-order valence-corrected chi connectivity index (χ2v) is 3.82. The lowest BCUT2D eigenvalue weighted by atomic mass is 10.2. The zero-order valence-electron chi connectivity index (χ0n) is 10.4. The Morgan fingerprint density at radius 3 is 2.71 bits per heavy atom. The Bertz CT molecular complexity index is 314. The topological polar surface area (TPSA) is 30.5 Å². The molecule has 4 heteroatoms. The standard InChI is InChI=1S/C13H20FNO2/c1-3-15-12(9-16-2)10-17-8-11-6-4-5-7-13(11)14/h4-7,12,15H,3,8-10H2,1-2H3. The van der Waals surface area contributed by atoms with E-state index in [2.05, 4.69) is 5.32 Å². The van der Waals surface area contributed by atoms with E-state index in [1.54, 1.807) is 25.3 Å². The molecule has 0 fully saturated rings. The van der Waals surface area contributed by atoms with Crippen LogP contribution in [-0.4, -0.2) is 32.9 Å². The van der Waals surface area contributed by atoms with E-state index in [0.29, 0.717) is 18.8 Å². The molecule has 1 aromatic rings. The molecule has 0 amide bonds. The molecule has 1 atom stereocenters. The van der Waals surface area contributed by atoms with Crippen LogP contribution in [0.25, 0.3) is 0 Å². The lowest BCUT2D eigenvalue weighted by Gasteiger charge is -2.17. The van der Waals surface area contributed by atoms with E-state index in [0.717, 1.165) is 6.54 Å². The lowest BCUT2D eigenvalue weighted by Crippen LogP contribution is -2.37. The van der Waals surface area contributed by atoms with Crippen molar-refractivity contribution < 1.29 is 13.9 Å². The highest BCUT2D eigenvalue weighted by molar-refractivity contribution is 5.16. The van der Waals surface area contributed by atoms with E-state index in [1.165, 1.54) is 6.07 Å². The monoisotopic (exact) mass is 241 g/mol. The van der Waals surface area contributed by atoms with Gasteiger partial charge in [-0.15, -0.1) is 0 Å². The zero-order chi connectivity index (χ0) is 12.5. The van der Waals surface area contributed by atoms with Crippen molar-refractivity contribution in [1.29, 1.82) is 0 Å². The first-order valence-electron chi connectivity index (χ1n) is 5.81. The van der Waals surface area contributed by atoms with Crippen LogP contribution in [0.3, 0.4) is 0 Å². The number of likely N-dealkylation sites (N-methyl/N-ethyl adjacent to an activating group) is 1. The van der Waals surface area contributed by atoms with Crippen molar-refractivity contribution in [2.75, 3.05) is 26.9 Å². The molecule has 0 spiro atoms. The maximum absolute atomic E-state index is 13.3. The normalized spacial score (nSPS) is 12.6. The molecule has 96 valence electrons. The fourth-order valence-corrected chi connectivity index (χ4v) is 1.58. The fourth-order valence-electron chi connectivity index (χ4n) is 1.58. The van der Waals surface area contributed by atoms with Crippen LogP contribution in [0.5, 0.6) is 0 Å². The summed E-state index contributed by atoms with van der Waals surface area (Å²) in [6.45, 7) is 4.27. The summed E-state index contributed by atoms with van der Waals surface area (Å²) in [5.74, 6) is -0.223. The highest BCUT2D eigenvalue weighted by Crippen LogP contribution is 2.07. The van der Waals surface area contributed by atoms with Gasteiger partial charge in [0, 0.05) is 12.7 Å². The van der Waals surface area contributed by atoms with Crippen molar-refractivity contribution in [1.82, 2.24) is 5.32 Å². The quantitative estimate of drug-likeness (QED) is 0.754. The number of ether oxygens (including phenoxy) is 2. The Kier molecular flexibility index (Phi) is 6.77. The smallest absolute Gasteiger partial charge is 0.128 e. The van der Waals surface area contributed by atoms with Gasteiger partial charge in [0.25, 0.3) is 0 Å². The van der Waals surface area contributed by atoms with Crippen LogP contribution in [0.1, 0.15) is 12.5 Å². The number of methoxy groups -OCH3 is 1. The van der Waals surface area contributed by atoms with Crippen LogP contribution in [0.2, 0.25) is 0 Å². The Hall–Kier alpha value is -0.970. The van der Waals surface area contributed by atoms with Crippen molar-refractivity contribution in [2.45, 2.75) is 19.6 Å². The predicted molar refractivity (Wildman–Crippen MR) is 65.4 cm³/mol. The van der Waals surface area contributed by atoms with Gasteiger partial charge >= 0.3 is 0 Å². The fraction of sp³-hybridized carbons (Fsp3) is 0.538. The number of benzene rings is 1. The van der Waals surface area contributed by atoms with Crippen molar-refractivity contribution in [3.63, 3.8) is 0 Å². The van der Waals surface area contributed by atoms with Crippen molar-refractivity contribution >= 4 is 0 Å². The molecule has 17 heavy (non-hydrogen) atoms. The van der Waals surface area contributed by atoms with E-state index in [1.807, 2.05) is 6.92 Å². The summed E-state index contributed by atoms with van der Waals surface area (Å²) in [5.41, 5.74) is 0.583. The van der Waals surface area contributed by atoms with E-state index < -0.39 is 0 Å². The summed E-state index contributed by atoms with van der Waals surface area (Å²) < 4.78 is 23.8. The molecule has 0 heterocycles. The Balaban J connectivity index is 2.33. The molecule has 1 N–H and O–H groups in total. The minimum atomic E-state index is -0.223. The Morgan fingerprint density at radius 2 is 2.06 bits per heavy atom. The number of rotatable bonds is 8. The van der Waals surface area contributed by atoms with Crippen LogP contribution in [0, 0.1) is 5.82 Å². The molecular weight excluding hydrogens is 221 g/mol. The summed E-state index contributed by atoms with van der Waals surface area (Å²) in [4.78, 5) is 0. The Labute approximate surface area is 102 Å². The van der Waals surface area contributed by atoms with Gasteiger partial charge in [-0.05, 0) is 12.6 Å². The summed E-state index contributed by atoms with van der Waals surface area (Å²) >= 11 is 0. The van der Waals surface area contributed by atoms with Crippen LogP contribution in [-0.2, 0) is 16.1 Å². The Morgan fingerprint density at radius 1 is 1.29 bits per heavy atom. The number of halogens is 1. The van der Waals surface area contributed by atoms with Crippen molar-refractivity contribution in [3.05, 3.63) is 35.6 Å². The third-order valence-corrected chi connectivity index (χ3v) is 2.40. The van der Waals surface area contributed by atoms with Crippen molar-refractivity contribution in [2.24, 2.45) is 0 Å². The van der Waals surface area contributed by atoms with Gasteiger partial charge in [0.2, 0.25) is 0 Å². The molecular formula is C13H20FNO2. The highest BCUT2D eigenvalue weighted by atomic mass is 19.1. The molecule has 0 saturated heterocycles. The van der Waals surface area contributed by atoms with Crippen LogP contribution < -0.4 is 5.32 Å². The molecule has 0 aliphatic carbocycles. The van der Waals surface area contributed by atoms with Gasteiger partial charge in [0.1, 0.15) is 5.82 Å². The molecule has 0 aromatic heterocycles. The van der Waals surface area contributed by atoms with Gasteiger partial charge in [-0.1, -0.05) is 25.1 Å². The predicted octanol–water partition coefficient (Wildman–Crippen LogP) is 1.97. The van der Waals surface area contributed by atoms with Gasteiger partial charge in [0.05, 0.1) is 25.9 Å². The van der Waals surface area contributed by atoms with Crippen LogP contribution in [0.4, 0.5) is 4.39 Å². The van der Waals surface area contributed by atoms with E-state index in [4.69, 9.17) is 9.47 Å². The maximum Gasteiger partial charge on any atom is 0.128 e. The van der Waals surface area contributed by atoms with E-state index >= 15 is 0 Å². The molecule has 1 unspecified atom stereocenters. The largest absolute Gasteiger partial charge is 0.383 e. The first kappa shape index (κ1) is 14.1.